The van der Waals surface area contributed by atoms with Crippen molar-refractivity contribution in [3.8, 4) is 10.7 Å². The Morgan fingerprint density at radius 3 is 2.36 bits per heavy atom. The van der Waals surface area contributed by atoms with Crippen molar-refractivity contribution in [3.05, 3.63) is 33.4 Å². The first-order valence-corrected chi connectivity index (χ1v) is 5.55. The molecule has 0 amide bonds. The molecule has 5 heteroatoms. The van der Waals surface area contributed by atoms with Crippen molar-refractivity contribution in [1.29, 1.82) is 0 Å². The normalized spacial score (nSPS) is 10.5. The van der Waals surface area contributed by atoms with Crippen LogP contribution in [0.5, 0.6) is 0 Å². The van der Waals surface area contributed by atoms with Gasteiger partial charge < -0.3 is 0 Å². The Morgan fingerprint density at radius 2 is 1.86 bits per heavy atom. The molecule has 14 heavy (non-hydrogen) atoms. The number of nitrogens with zero attached hydrogens (tertiary/aromatic N) is 2. The van der Waals surface area contributed by atoms with Gasteiger partial charge in [0.1, 0.15) is 10.3 Å². The van der Waals surface area contributed by atoms with Gasteiger partial charge in [-0.15, -0.1) is 11.3 Å². The van der Waals surface area contributed by atoms with Gasteiger partial charge in [-0.25, -0.2) is 9.97 Å². The second-order valence-electron chi connectivity index (χ2n) is 2.77. The molecule has 2 rings (SSSR count). The van der Waals surface area contributed by atoms with Gasteiger partial charge in [0.15, 0.2) is 5.82 Å². The second kappa shape index (κ2) is 3.85. The van der Waals surface area contributed by atoms with Gasteiger partial charge in [-0.1, -0.05) is 23.2 Å². The Morgan fingerprint density at radius 1 is 1.21 bits per heavy atom. The van der Waals surface area contributed by atoms with Crippen LogP contribution in [-0.2, 0) is 0 Å². The van der Waals surface area contributed by atoms with Crippen LogP contribution in [0.4, 0.5) is 0 Å². The van der Waals surface area contributed by atoms with Crippen LogP contribution < -0.4 is 0 Å². The summed E-state index contributed by atoms with van der Waals surface area (Å²) in [5.74, 6) is 0.593. The Hall–Kier alpha value is -0.640. The minimum Gasteiger partial charge on any atom is -0.215 e. The number of rotatable bonds is 1. The number of halogens is 2. The van der Waals surface area contributed by atoms with E-state index in [4.69, 9.17) is 23.2 Å². The van der Waals surface area contributed by atoms with Gasteiger partial charge in [-0.05, 0) is 23.9 Å². The average Bonchev–Trinajstić information content (AvgIpc) is 2.49. The van der Waals surface area contributed by atoms with E-state index in [9.17, 15) is 0 Å². The van der Waals surface area contributed by atoms with Crippen LogP contribution in [-0.4, -0.2) is 9.97 Å². The maximum atomic E-state index is 5.79. The van der Waals surface area contributed by atoms with Crippen molar-refractivity contribution in [3.63, 3.8) is 0 Å². The quantitative estimate of drug-likeness (QED) is 0.713. The van der Waals surface area contributed by atoms with Crippen LogP contribution in [0.3, 0.4) is 0 Å². The maximum Gasteiger partial charge on any atom is 0.172 e. The fourth-order valence-corrected chi connectivity index (χ4v) is 2.38. The number of aryl methyl sites for hydroxylation is 1. The molecule has 0 saturated heterocycles. The van der Waals surface area contributed by atoms with E-state index in [0.29, 0.717) is 16.1 Å². The Kier molecular flexibility index (Phi) is 2.72. The highest BCUT2D eigenvalue weighted by Crippen LogP contribution is 2.27. The summed E-state index contributed by atoms with van der Waals surface area (Å²) in [6.07, 6.45) is 0. The lowest BCUT2D eigenvalue weighted by Crippen LogP contribution is -1.88. The van der Waals surface area contributed by atoms with E-state index in [1.165, 1.54) is 6.07 Å². The zero-order valence-corrected chi connectivity index (χ0v) is 9.62. The van der Waals surface area contributed by atoms with Gasteiger partial charge >= 0.3 is 0 Å². The van der Waals surface area contributed by atoms with Crippen molar-refractivity contribution in [1.82, 2.24) is 9.97 Å². The van der Waals surface area contributed by atoms with Gasteiger partial charge in [-0.2, -0.15) is 0 Å². The highest BCUT2D eigenvalue weighted by Gasteiger charge is 2.08. The summed E-state index contributed by atoms with van der Waals surface area (Å²) in [5, 5.41) is 2.73. The summed E-state index contributed by atoms with van der Waals surface area (Å²) in [5.41, 5.74) is 1.13. The number of aromatic nitrogens is 2. The monoisotopic (exact) mass is 244 g/mol. The van der Waals surface area contributed by atoms with Gasteiger partial charge in [0.2, 0.25) is 0 Å². The predicted molar refractivity (Wildman–Crippen MR) is 60.1 cm³/mol. The van der Waals surface area contributed by atoms with E-state index < -0.39 is 0 Å². The zero-order valence-electron chi connectivity index (χ0n) is 7.29. The van der Waals surface area contributed by atoms with E-state index in [1.807, 2.05) is 18.4 Å². The molecule has 0 aliphatic heterocycles. The third-order valence-corrected chi connectivity index (χ3v) is 3.13. The minimum absolute atomic E-state index is 0.368. The summed E-state index contributed by atoms with van der Waals surface area (Å²) >= 11 is 13.2. The standard InChI is InChI=1S/C9H6Cl2N2S/c1-5-2-3-14-8(5)9-12-6(10)4-7(11)13-9/h2-4H,1H3. The number of hydrogen-bond donors (Lipinski definition) is 0. The third-order valence-electron chi connectivity index (χ3n) is 1.73. The third kappa shape index (κ3) is 1.90. The van der Waals surface area contributed by atoms with Gasteiger partial charge in [0.05, 0.1) is 4.88 Å². The first kappa shape index (κ1) is 9.90. The summed E-state index contributed by atoms with van der Waals surface area (Å²) in [6, 6.07) is 3.54. The van der Waals surface area contributed by atoms with E-state index in [2.05, 4.69) is 9.97 Å². The minimum atomic E-state index is 0.368. The van der Waals surface area contributed by atoms with Crippen molar-refractivity contribution in [2.24, 2.45) is 0 Å². The van der Waals surface area contributed by atoms with Crippen LogP contribution in [0.25, 0.3) is 10.7 Å². The van der Waals surface area contributed by atoms with Crippen molar-refractivity contribution in [2.75, 3.05) is 0 Å². The molecule has 0 bridgehead atoms. The van der Waals surface area contributed by atoms with Gasteiger partial charge in [0.25, 0.3) is 0 Å². The molecule has 2 nitrogen and oxygen atoms in total. The van der Waals surface area contributed by atoms with Crippen molar-refractivity contribution < 1.29 is 0 Å². The van der Waals surface area contributed by atoms with Gasteiger partial charge in [-0.3, -0.25) is 0 Å². The molecule has 0 fully saturated rings. The highest BCUT2D eigenvalue weighted by molar-refractivity contribution is 7.13. The fraction of sp³-hybridized carbons (Fsp3) is 0.111. The summed E-state index contributed by atoms with van der Waals surface area (Å²) in [7, 11) is 0. The Labute approximate surface area is 95.5 Å². The predicted octanol–water partition coefficient (Wildman–Crippen LogP) is 3.82. The lowest BCUT2D eigenvalue weighted by molar-refractivity contribution is 1.18. The van der Waals surface area contributed by atoms with E-state index in [1.54, 1.807) is 11.3 Å². The topological polar surface area (TPSA) is 25.8 Å². The number of hydrogen-bond acceptors (Lipinski definition) is 3. The van der Waals surface area contributed by atoms with Crippen molar-refractivity contribution >= 4 is 34.5 Å². The summed E-state index contributed by atoms with van der Waals surface area (Å²) in [4.78, 5) is 9.24. The molecule has 0 N–H and O–H groups in total. The van der Waals surface area contributed by atoms with Crippen LogP contribution in [0.1, 0.15) is 5.56 Å². The average molecular weight is 245 g/mol. The Bertz CT molecular complexity index is 447. The molecule has 0 aliphatic rings. The molecule has 0 saturated carbocycles. The first-order valence-electron chi connectivity index (χ1n) is 3.91. The molecule has 0 unspecified atom stereocenters. The van der Waals surface area contributed by atoms with E-state index in [0.717, 1.165) is 10.4 Å². The second-order valence-corrected chi connectivity index (χ2v) is 4.46. The molecule has 2 heterocycles. The Balaban J connectivity index is 2.57. The molecule has 0 aromatic carbocycles. The lowest BCUT2D eigenvalue weighted by atomic mass is 10.3. The van der Waals surface area contributed by atoms with Crippen LogP contribution >= 0.6 is 34.5 Å². The molecule has 0 spiro atoms. The number of thiophene rings is 1. The molecule has 2 aromatic heterocycles. The van der Waals surface area contributed by atoms with Gasteiger partial charge in [0, 0.05) is 6.07 Å². The van der Waals surface area contributed by atoms with Crippen LogP contribution in [0, 0.1) is 6.92 Å². The molecular weight excluding hydrogens is 239 g/mol. The molecule has 2 aromatic rings. The highest BCUT2D eigenvalue weighted by atomic mass is 35.5. The first-order chi connectivity index (χ1) is 6.66. The molecule has 0 aliphatic carbocycles. The smallest absolute Gasteiger partial charge is 0.172 e. The van der Waals surface area contributed by atoms with E-state index >= 15 is 0 Å². The molecular formula is C9H6Cl2N2S. The summed E-state index contributed by atoms with van der Waals surface area (Å²) < 4.78 is 0. The van der Waals surface area contributed by atoms with E-state index in [-0.39, 0.29) is 0 Å². The molecule has 0 atom stereocenters. The van der Waals surface area contributed by atoms with Crippen LogP contribution in [0.2, 0.25) is 10.3 Å². The fourth-order valence-electron chi connectivity index (χ4n) is 1.09. The van der Waals surface area contributed by atoms with Crippen molar-refractivity contribution in [2.45, 2.75) is 6.92 Å². The summed E-state index contributed by atoms with van der Waals surface area (Å²) in [6.45, 7) is 2.00. The zero-order chi connectivity index (χ0) is 10.1. The largest absolute Gasteiger partial charge is 0.215 e. The lowest BCUT2D eigenvalue weighted by Gasteiger charge is -1.99. The molecule has 0 radical (unpaired) electrons. The molecule has 72 valence electrons. The maximum absolute atomic E-state index is 5.79. The van der Waals surface area contributed by atoms with Crippen LogP contribution in [0.15, 0.2) is 17.5 Å². The SMILES string of the molecule is Cc1ccsc1-c1nc(Cl)cc(Cl)n1.